The first kappa shape index (κ1) is 19.7. The summed E-state index contributed by atoms with van der Waals surface area (Å²) in [5.74, 6) is 2.46. The summed E-state index contributed by atoms with van der Waals surface area (Å²) in [5.41, 5.74) is 6.73. The number of nitrogens with zero attached hydrogens (tertiary/aromatic N) is 1. The molecule has 0 bridgehead atoms. The van der Waals surface area contributed by atoms with Crippen LogP contribution in [-0.2, 0) is 4.79 Å². The van der Waals surface area contributed by atoms with Crippen molar-refractivity contribution in [1.82, 2.24) is 5.32 Å². The molecule has 148 valence electrons. The molecule has 0 spiro atoms. The molecule has 0 radical (unpaired) electrons. The number of nitrogens with two attached hydrogens (primary N) is 1. The molecule has 0 atom stereocenters. The van der Waals surface area contributed by atoms with E-state index in [4.69, 9.17) is 10.5 Å². The molecule has 4 N–H and O–H groups in total. The second-order valence-corrected chi connectivity index (χ2v) is 7.04. The average molecular weight is 380 g/mol. The van der Waals surface area contributed by atoms with Gasteiger partial charge in [0.2, 0.25) is 5.91 Å². The molecule has 1 amide bonds. The van der Waals surface area contributed by atoms with Gasteiger partial charge >= 0.3 is 0 Å². The van der Waals surface area contributed by atoms with Crippen molar-refractivity contribution >= 4 is 17.6 Å². The maximum absolute atomic E-state index is 11.9. The molecule has 1 aliphatic rings. The number of anilines is 1. The average Bonchev–Trinajstić information content (AvgIpc) is 3.19. The van der Waals surface area contributed by atoms with Crippen LogP contribution < -0.4 is 21.1 Å². The van der Waals surface area contributed by atoms with Gasteiger partial charge in [-0.05, 0) is 43.0 Å². The largest absolute Gasteiger partial charge is 0.457 e. The molecular weight excluding hydrogens is 352 g/mol. The molecule has 0 unspecified atom stereocenters. The summed E-state index contributed by atoms with van der Waals surface area (Å²) in [7, 11) is 0. The number of carbonyl (C=O) groups excluding carboxylic acids is 1. The summed E-state index contributed by atoms with van der Waals surface area (Å²) in [4.78, 5) is 16.2. The van der Waals surface area contributed by atoms with Crippen molar-refractivity contribution in [2.45, 2.75) is 32.1 Å². The topological polar surface area (TPSA) is 88.7 Å². The van der Waals surface area contributed by atoms with Gasteiger partial charge in [0, 0.05) is 24.7 Å². The Morgan fingerprint density at radius 2 is 1.82 bits per heavy atom. The minimum absolute atomic E-state index is 0.111. The van der Waals surface area contributed by atoms with Gasteiger partial charge in [-0.25, -0.2) is 0 Å². The number of nitrogens with one attached hydrogen (secondary N) is 2. The third-order valence-electron chi connectivity index (χ3n) is 4.75. The van der Waals surface area contributed by atoms with Gasteiger partial charge in [0.05, 0.1) is 6.54 Å². The minimum atomic E-state index is 0.111. The van der Waals surface area contributed by atoms with Gasteiger partial charge in [-0.3, -0.25) is 9.79 Å². The highest BCUT2D eigenvalue weighted by atomic mass is 16.5. The summed E-state index contributed by atoms with van der Waals surface area (Å²) in [6.07, 6.45) is 5.49. The number of rotatable bonds is 8. The number of hydrogen-bond acceptors (Lipinski definition) is 3. The zero-order chi connectivity index (χ0) is 19.6. The van der Waals surface area contributed by atoms with E-state index in [0.29, 0.717) is 37.1 Å². The number of aliphatic imine (C=N–C) groups is 1. The third kappa shape index (κ3) is 6.61. The number of para-hydroxylation sites is 1. The van der Waals surface area contributed by atoms with Crippen molar-refractivity contribution in [2.75, 3.05) is 18.4 Å². The molecule has 0 aromatic heterocycles. The normalized spacial score (nSPS) is 14.6. The molecule has 6 heteroatoms. The lowest BCUT2D eigenvalue weighted by Gasteiger charge is -2.10. The molecule has 28 heavy (non-hydrogen) atoms. The fourth-order valence-electron chi connectivity index (χ4n) is 3.37. The number of guanidine groups is 1. The summed E-state index contributed by atoms with van der Waals surface area (Å²) in [5, 5.41) is 5.97. The molecule has 6 nitrogen and oxygen atoms in total. The smallest absolute Gasteiger partial charge is 0.220 e. The lowest BCUT2D eigenvalue weighted by molar-refractivity contribution is -0.121. The molecule has 1 aliphatic carbocycles. The first-order valence-corrected chi connectivity index (χ1v) is 9.85. The zero-order valence-corrected chi connectivity index (χ0v) is 16.1. The van der Waals surface area contributed by atoms with E-state index in [1.165, 1.54) is 25.7 Å². The summed E-state index contributed by atoms with van der Waals surface area (Å²) in [6.45, 7) is 0.931. The van der Waals surface area contributed by atoms with Crippen LogP contribution in [0.1, 0.15) is 32.1 Å². The lowest BCUT2D eigenvalue weighted by atomic mass is 10.0. The molecule has 0 aliphatic heterocycles. The van der Waals surface area contributed by atoms with Crippen LogP contribution >= 0.6 is 0 Å². The molecule has 2 aromatic carbocycles. The quantitative estimate of drug-likeness (QED) is 0.368. The van der Waals surface area contributed by atoms with Crippen molar-refractivity contribution in [3.8, 4) is 11.5 Å². The summed E-state index contributed by atoms with van der Waals surface area (Å²) < 4.78 is 5.81. The second kappa shape index (κ2) is 10.3. The maximum atomic E-state index is 11.9. The van der Waals surface area contributed by atoms with Crippen LogP contribution in [0.5, 0.6) is 11.5 Å². The molecule has 1 saturated carbocycles. The van der Waals surface area contributed by atoms with Crippen molar-refractivity contribution < 1.29 is 9.53 Å². The van der Waals surface area contributed by atoms with E-state index in [1.807, 2.05) is 54.6 Å². The molecule has 0 heterocycles. The fraction of sp³-hybridized carbons (Fsp3) is 0.364. The van der Waals surface area contributed by atoms with Crippen LogP contribution in [0.15, 0.2) is 59.6 Å². The van der Waals surface area contributed by atoms with Gasteiger partial charge in [-0.2, -0.15) is 0 Å². The number of benzene rings is 2. The Hall–Kier alpha value is -3.02. The second-order valence-electron chi connectivity index (χ2n) is 7.04. The number of hydrogen-bond donors (Lipinski definition) is 3. The summed E-state index contributed by atoms with van der Waals surface area (Å²) >= 11 is 0. The van der Waals surface area contributed by atoms with Crippen molar-refractivity contribution in [3.05, 3.63) is 54.6 Å². The third-order valence-corrected chi connectivity index (χ3v) is 4.75. The molecule has 0 saturated heterocycles. The Labute approximate surface area is 166 Å². The fourth-order valence-corrected chi connectivity index (χ4v) is 3.37. The first-order chi connectivity index (χ1) is 13.7. The van der Waals surface area contributed by atoms with Crippen LogP contribution in [0.4, 0.5) is 5.69 Å². The monoisotopic (exact) mass is 380 g/mol. The van der Waals surface area contributed by atoms with E-state index < -0.39 is 0 Å². The first-order valence-electron chi connectivity index (χ1n) is 9.85. The van der Waals surface area contributed by atoms with E-state index in [2.05, 4.69) is 15.6 Å². The lowest BCUT2D eigenvalue weighted by Crippen LogP contribution is -2.29. The van der Waals surface area contributed by atoms with Crippen LogP contribution in [0.2, 0.25) is 0 Å². The van der Waals surface area contributed by atoms with Gasteiger partial charge in [-0.15, -0.1) is 0 Å². The maximum Gasteiger partial charge on any atom is 0.220 e. The highest BCUT2D eigenvalue weighted by Crippen LogP contribution is 2.27. The highest BCUT2D eigenvalue weighted by Gasteiger charge is 2.17. The van der Waals surface area contributed by atoms with Gasteiger partial charge < -0.3 is 21.1 Å². The Bertz CT molecular complexity index is 786. The minimum Gasteiger partial charge on any atom is -0.457 e. The van der Waals surface area contributed by atoms with Crippen molar-refractivity contribution in [1.29, 1.82) is 0 Å². The van der Waals surface area contributed by atoms with Crippen molar-refractivity contribution in [2.24, 2.45) is 16.6 Å². The molecule has 3 rings (SSSR count). The Balaban J connectivity index is 1.41. The van der Waals surface area contributed by atoms with Gasteiger partial charge in [0.25, 0.3) is 0 Å². The molecule has 1 fully saturated rings. The van der Waals surface area contributed by atoms with Crippen molar-refractivity contribution in [3.63, 3.8) is 0 Å². The van der Waals surface area contributed by atoms with Crippen LogP contribution in [0.3, 0.4) is 0 Å². The molecule has 2 aromatic rings. The van der Waals surface area contributed by atoms with E-state index in [0.717, 1.165) is 11.4 Å². The van der Waals surface area contributed by atoms with Gasteiger partial charge in [0.15, 0.2) is 5.96 Å². The standard InChI is InChI=1S/C22H28N4O2/c23-22(25-14-13-24-21(27)15-17-7-4-5-8-17)26-18-9-6-12-20(16-18)28-19-10-2-1-3-11-19/h1-3,6,9-12,16-17H,4-5,7-8,13-15H2,(H,24,27)(H3,23,25,26). The predicted molar refractivity (Wildman–Crippen MR) is 113 cm³/mol. The Morgan fingerprint density at radius 1 is 1.07 bits per heavy atom. The van der Waals surface area contributed by atoms with Crippen LogP contribution in [-0.4, -0.2) is 25.0 Å². The Morgan fingerprint density at radius 3 is 2.61 bits per heavy atom. The predicted octanol–water partition coefficient (Wildman–Crippen LogP) is 3.90. The van der Waals surface area contributed by atoms with Crippen LogP contribution in [0, 0.1) is 5.92 Å². The SMILES string of the molecule is NC(=NCCNC(=O)CC1CCCC1)Nc1cccc(Oc2ccccc2)c1. The molecular formula is C22H28N4O2. The van der Waals surface area contributed by atoms with E-state index in [-0.39, 0.29) is 5.91 Å². The highest BCUT2D eigenvalue weighted by molar-refractivity contribution is 5.92. The van der Waals surface area contributed by atoms with E-state index in [9.17, 15) is 4.79 Å². The summed E-state index contributed by atoms with van der Waals surface area (Å²) in [6, 6.07) is 17.1. The van der Waals surface area contributed by atoms with E-state index in [1.54, 1.807) is 0 Å². The van der Waals surface area contributed by atoms with Gasteiger partial charge in [0.1, 0.15) is 11.5 Å². The Kier molecular flexibility index (Phi) is 7.29. The number of ether oxygens (including phenoxy) is 1. The van der Waals surface area contributed by atoms with Gasteiger partial charge in [-0.1, -0.05) is 37.1 Å². The van der Waals surface area contributed by atoms with E-state index >= 15 is 0 Å². The van der Waals surface area contributed by atoms with Crippen LogP contribution in [0.25, 0.3) is 0 Å². The number of amides is 1. The number of carbonyl (C=O) groups is 1. The zero-order valence-electron chi connectivity index (χ0n) is 16.1.